The van der Waals surface area contributed by atoms with E-state index in [1.807, 2.05) is 0 Å². The first-order valence-electron chi connectivity index (χ1n) is 10.1. The zero-order valence-corrected chi connectivity index (χ0v) is 17.3. The first kappa shape index (κ1) is 19.3. The lowest BCUT2D eigenvalue weighted by Crippen LogP contribution is -2.41. The third-order valence-electron chi connectivity index (χ3n) is 5.52. The smallest absolute Gasteiger partial charge is 0.181 e. The Labute approximate surface area is 168 Å². The van der Waals surface area contributed by atoms with E-state index in [0.717, 1.165) is 19.4 Å². The van der Waals surface area contributed by atoms with Crippen molar-refractivity contribution in [1.29, 1.82) is 0 Å². The van der Waals surface area contributed by atoms with Crippen molar-refractivity contribution in [2.45, 2.75) is 38.3 Å². The van der Waals surface area contributed by atoms with Crippen molar-refractivity contribution in [2.24, 2.45) is 0 Å². The molecule has 0 saturated carbocycles. The van der Waals surface area contributed by atoms with Crippen LogP contribution in [0.4, 0.5) is 0 Å². The van der Waals surface area contributed by atoms with E-state index in [-0.39, 0.29) is 12.1 Å². The first-order chi connectivity index (χ1) is 13.8. The zero-order chi connectivity index (χ0) is 19.2. The summed E-state index contributed by atoms with van der Waals surface area (Å²) < 4.78 is 12.6. The number of hydrogen-bond donors (Lipinski definition) is 0. The molecule has 1 aliphatic rings. The van der Waals surface area contributed by atoms with Gasteiger partial charge in [0, 0.05) is 6.61 Å². The summed E-state index contributed by atoms with van der Waals surface area (Å²) in [5.41, 5.74) is 0. The highest BCUT2D eigenvalue weighted by atomic mass is 31.2. The highest BCUT2D eigenvalue weighted by Gasteiger charge is 2.52. The average molecular weight is 391 g/mol. The van der Waals surface area contributed by atoms with Crippen molar-refractivity contribution in [3.8, 4) is 0 Å². The Morgan fingerprint density at radius 1 is 0.750 bits per heavy atom. The van der Waals surface area contributed by atoms with E-state index < -0.39 is 7.26 Å². The molecule has 1 saturated heterocycles. The van der Waals surface area contributed by atoms with E-state index in [0.29, 0.717) is 0 Å². The molecule has 1 fully saturated rings. The monoisotopic (exact) mass is 391 g/mol. The molecule has 0 radical (unpaired) electrons. The second-order valence-electron chi connectivity index (χ2n) is 7.26. The molecule has 4 rings (SSSR count). The Kier molecular flexibility index (Phi) is 6.22. The summed E-state index contributed by atoms with van der Waals surface area (Å²) in [5.74, 6) is 0.0165. The minimum absolute atomic E-state index is 0.0165. The third-order valence-corrected chi connectivity index (χ3v) is 10.1. The van der Waals surface area contributed by atoms with Crippen LogP contribution in [0.25, 0.3) is 0 Å². The molecule has 3 aromatic rings. The zero-order valence-electron chi connectivity index (χ0n) is 16.4. The summed E-state index contributed by atoms with van der Waals surface area (Å²) in [5, 5.41) is 4.03. The molecule has 2 nitrogen and oxygen atoms in total. The van der Waals surface area contributed by atoms with E-state index in [4.69, 9.17) is 9.47 Å². The van der Waals surface area contributed by atoms with Gasteiger partial charge in [-0.15, -0.1) is 0 Å². The number of rotatable bonds is 6. The maximum Gasteiger partial charge on any atom is 0.181 e. The van der Waals surface area contributed by atoms with E-state index in [1.165, 1.54) is 22.3 Å². The molecule has 0 aromatic heterocycles. The molecule has 3 heteroatoms. The van der Waals surface area contributed by atoms with Gasteiger partial charge in [0.1, 0.15) is 23.2 Å². The van der Waals surface area contributed by atoms with Crippen LogP contribution in [-0.4, -0.2) is 18.7 Å². The fourth-order valence-electron chi connectivity index (χ4n) is 4.20. The number of hydrogen-bond acceptors (Lipinski definition) is 2. The highest BCUT2D eigenvalue weighted by Crippen LogP contribution is 2.60. The summed E-state index contributed by atoms with van der Waals surface area (Å²) in [6, 6.07) is 32.6. The molecule has 2 atom stereocenters. The maximum atomic E-state index is 6.65. The Bertz CT molecular complexity index is 749. The molecule has 144 valence electrons. The van der Waals surface area contributed by atoms with Crippen LogP contribution in [0, 0.1) is 0 Å². The quantitative estimate of drug-likeness (QED) is 0.558. The van der Waals surface area contributed by atoms with Gasteiger partial charge in [0.2, 0.25) is 0 Å². The Hall–Kier alpha value is -1.99. The van der Waals surface area contributed by atoms with Crippen molar-refractivity contribution in [1.82, 2.24) is 0 Å². The predicted octanol–water partition coefficient (Wildman–Crippen LogP) is 4.87. The van der Waals surface area contributed by atoms with Gasteiger partial charge in [-0.25, -0.2) is 0 Å². The lowest BCUT2D eigenvalue weighted by Gasteiger charge is -2.35. The van der Waals surface area contributed by atoms with Crippen LogP contribution in [0.1, 0.15) is 26.2 Å². The van der Waals surface area contributed by atoms with Crippen LogP contribution >= 0.6 is 7.26 Å². The molecule has 3 aromatic carbocycles. The lowest BCUT2D eigenvalue weighted by atomic mass is 10.2. The van der Waals surface area contributed by atoms with Gasteiger partial charge in [0.15, 0.2) is 12.1 Å². The summed E-state index contributed by atoms with van der Waals surface area (Å²) in [6.07, 6.45) is 3.16. The largest absolute Gasteiger partial charge is 0.352 e. The fraction of sp³-hybridized carbons (Fsp3) is 0.280. The van der Waals surface area contributed by atoms with E-state index in [9.17, 15) is 0 Å². The molecular formula is C25H28O2P+. The standard InChI is InChI=1S/C25H28O2P/c1-21(27-25-19-11-12-20-26-25)28(22-13-5-2-6-14-22,23-15-7-3-8-16-23)24-17-9-4-10-18-24/h2-10,13-18,21,25H,11-12,19-20H2,1H3/q+1. The highest BCUT2D eigenvalue weighted by molar-refractivity contribution is 7.96. The lowest BCUT2D eigenvalue weighted by molar-refractivity contribution is -0.168. The topological polar surface area (TPSA) is 18.5 Å². The minimum atomic E-state index is -2.01. The molecule has 0 amide bonds. The van der Waals surface area contributed by atoms with Crippen molar-refractivity contribution in [3.05, 3.63) is 91.0 Å². The summed E-state index contributed by atoms with van der Waals surface area (Å²) in [7, 11) is -2.01. The van der Waals surface area contributed by atoms with Crippen LogP contribution in [0.2, 0.25) is 0 Å². The fourth-order valence-corrected chi connectivity index (χ4v) is 8.60. The van der Waals surface area contributed by atoms with E-state index >= 15 is 0 Å². The van der Waals surface area contributed by atoms with Crippen LogP contribution < -0.4 is 15.9 Å². The van der Waals surface area contributed by atoms with Crippen LogP contribution in [-0.2, 0) is 9.47 Å². The van der Waals surface area contributed by atoms with Gasteiger partial charge < -0.3 is 9.47 Å². The Morgan fingerprint density at radius 2 is 1.21 bits per heavy atom. The molecule has 2 unspecified atom stereocenters. The van der Waals surface area contributed by atoms with Crippen molar-refractivity contribution in [2.75, 3.05) is 6.61 Å². The predicted molar refractivity (Wildman–Crippen MR) is 119 cm³/mol. The van der Waals surface area contributed by atoms with Crippen LogP contribution in [0.5, 0.6) is 0 Å². The van der Waals surface area contributed by atoms with Crippen molar-refractivity contribution in [3.63, 3.8) is 0 Å². The molecule has 0 bridgehead atoms. The molecule has 0 N–H and O–H groups in total. The molecule has 0 aliphatic carbocycles. The molecular weight excluding hydrogens is 363 g/mol. The minimum Gasteiger partial charge on any atom is -0.352 e. The Balaban J connectivity index is 1.87. The molecule has 1 heterocycles. The SMILES string of the molecule is CC(OC1CCCCO1)[P+](c1ccccc1)(c1ccccc1)c1ccccc1. The summed E-state index contributed by atoms with van der Waals surface area (Å²) in [6.45, 7) is 3.03. The maximum absolute atomic E-state index is 6.65. The molecule has 1 aliphatic heterocycles. The third kappa shape index (κ3) is 3.78. The van der Waals surface area contributed by atoms with E-state index in [1.54, 1.807) is 0 Å². The average Bonchev–Trinajstić information content (AvgIpc) is 2.77. The van der Waals surface area contributed by atoms with Gasteiger partial charge in [-0.05, 0) is 62.6 Å². The van der Waals surface area contributed by atoms with Gasteiger partial charge in [-0.1, -0.05) is 54.6 Å². The van der Waals surface area contributed by atoms with Gasteiger partial charge in [-0.3, -0.25) is 0 Å². The normalized spacial score (nSPS) is 18.5. The van der Waals surface area contributed by atoms with Gasteiger partial charge in [0.25, 0.3) is 0 Å². The number of benzene rings is 3. The van der Waals surface area contributed by atoms with Crippen LogP contribution in [0.3, 0.4) is 0 Å². The van der Waals surface area contributed by atoms with Gasteiger partial charge >= 0.3 is 0 Å². The molecule has 0 spiro atoms. The summed E-state index contributed by atoms with van der Waals surface area (Å²) in [4.78, 5) is 0. The Morgan fingerprint density at radius 3 is 1.61 bits per heavy atom. The number of ether oxygens (including phenoxy) is 2. The van der Waals surface area contributed by atoms with Crippen molar-refractivity contribution >= 4 is 23.2 Å². The van der Waals surface area contributed by atoms with Crippen LogP contribution in [0.15, 0.2) is 91.0 Å². The molecule has 28 heavy (non-hydrogen) atoms. The van der Waals surface area contributed by atoms with Gasteiger partial charge in [-0.2, -0.15) is 0 Å². The second kappa shape index (κ2) is 9.01. The first-order valence-corrected chi connectivity index (χ1v) is 12.0. The van der Waals surface area contributed by atoms with Crippen molar-refractivity contribution < 1.29 is 9.47 Å². The second-order valence-corrected chi connectivity index (χ2v) is 11.0. The van der Waals surface area contributed by atoms with E-state index in [2.05, 4.69) is 97.9 Å². The van der Waals surface area contributed by atoms with Gasteiger partial charge in [0.05, 0.1) is 0 Å². The summed E-state index contributed by atoms with van der Waals surface area (Å²) >= 11 is 0.